The molecule has 34 heavy (non-hydrogen) atoms. The zero-order valence-electron chi connectivity index (χ0n) is 18.4. The SMILES string of the molecule is O=C(COc1ccc2nncn2n1)N1CCC2(CC1)OCCc1c2[nH]c2ccccc12.O=CO. The minimum absolute atomic E-state index is 0.0480. The summed E-state index contributed by atoms with van der Waals surface area (Å²) in [4.78, 5) is 26.6. The van der Waals surface area contributed by atoms with Gasteiger partial charge in [0.15, 0.2) is 12.3 Å². The molecule has 5 heterocycles. The van der Waals surface area contributed by atoms with Crippen molar-refractivity contribution in [3.8, 4) is 5.88 Å². The third-order valence-corrected chi connectivity index (χ3v) is 6.40. The number of carboxylic acid groups (broad SMARTS) is 1. The van der Waals surface area contributed by atoms with Crippen LogP contribution in [0.5, 0.6) is 5.88 Å². The summed E-state index contributed by atoms with van der Waals surface area (Å²) < 4.78 is 13.5. The van der Waals surface area contributed by atoms with E-state index in [1.807, 2.05) is 4.90 Å². The molecule has 0 radical (unpaired) electrons. The minimum Gasteiger partial charge on any atom is -0.483 e. The zero-order chi connectivity index (χ0) is 23.5. The monoisotopic (exact) mass is 464 g/mol. The van der Waals surface area contributed by atoms with Gasteiger partial charge in [-0.05, 0) is 37.0 Å². The van der Waals surface area contributed by atoms with Crippen LogP contribution in [-0.2, 0) is 26.3 Å². The number of aromatic amines is 1. The molecule has 2 aliphatic rings. The lowest BCUT2D eigenvalue weighted by Gasteiger charge is -2.43. The standard InChI is InChI=1S/C22H22N6O3.CH2O2/c29-20(13-30-19-6-5-18-25-23-14-28(18)26-19)27-10-8-22(9-11-27)21-16(7-12-31-22)15-3-1-2-4-17(15)24-21;2-1-3/h1-6,14,24H,7-13H2;1H,(H,2,3). The second kappa shape index (κ2) is 9.10. The molecule has 0 atom stereocenters. The fraction of sp³-hybridized carbons (Fsp3) is 0.348. The molecule has 176 valence electrons. The van der Waals surface area contributed by atoms with Crippen molar-refractivity contribution in [2.45, 2.75) is 24.9 Å². The molecule has 2 aliphatic heterocycles. The Bertz CT molecular complexity index is 1320. The van der Waals surface area contributed by atoms with E-state index < -0.39 is 0 Å². The fourth-order valence-electron chi connectivity index (χ4n) is 4.80. The largest absolute Gasteiger partial charge is 0.483 e. The summed E-state index contributed by atoms with van der Waals surface area (Å²) in [6, 6.07) is 11.9. The molecule has 1 fully saturated rings. The topological polar surface area (TPSA) is 135 Å². The number of amides is 1. The van der Waals surface area contributed by atoms with Gasteiger partial charge < -0.3 is 24.5 Å². The highest BCUT2D eigenvalue weighted by Crippen LogP contribution is 2.43. The molecule has 0 saturated carbocycles. The molecular weight excluding hydrogens is 440 g/mol. The highest BCUT2D eigenvalue weighted by molar-refractivity contribution is 5.85. The number of ether oxygens (including phenoxy) is 2. The van der Waals surface area contributed by atoms with Gasteiger partial charge in [-0.3, -0.25) is 9.59 Å². The van der Waals surface area contributed by atoms with Crippen molar-refractivity contribution in [2.75, 3.05) is 26.3 Å². The number of fused-ring (bicyclic) bond motifs is 5. The van der Waals surface area contributed by atoms with Crippen LogP contribution in [0.1, 0.15) is 24.1 Å². The quantitative estimate of drug-likeness (QED) is 0.438. The number of benzene rings is 1. The summed E-state index contributed by atoms with van der Waals surface area (Å²) in [6.07, 6.45) is 3.95. The van der Waals surface area contributed by atoms with Gasteiger partial charge in [-0.15, -0.1) is 15.3 Å². The van der Waals surface area contributed by atoms with E-state index in [-0.39, 0.29) is 24.6 Å². The van der Waals surface area contributed by atoms with Crippen LogP contribution in [0.15, 0.2) is 42.7 Å². The van der Waals surface area contributed by atoms with Crippen LogP contribution in [0.25, 0.3) is 16.6 Å². The summed E-state index contributed by atoms with van der Waals surface area (Å²) in [6.45, 7) is 1.68. The van der Waals surface area contributed by atoms with Crippen LogP contribution in [0.4, 0.5) is 0 Å². The highest BCUT2D eigenvalue weighted by atomic mass is 16.5. The number of likely N-dealkylation sites (tertiary alicyclic amines) is 1. The molecule has 1 saturated heterocycles. The Morgan fingerprint density at radius 3 is 2.85 bits per heavy atom. The molecule has 6 rings (SSSR count). The third-order valence-electron chi connectivity index (χ3n) is 6.40. The fourth-order valence-corrected chi connectivity index (χ4v) is 4.80. The Balaban J connectivity index is 0.000000764. The molecule has 3 aromatic heterocycles. The Labute approximate surface area is 194 Å². The van der Waals surface area contributed by atoms with Crippen LogP contribution in [0, 0.1) is 0 Å². The summed E-state index contributed by atoms with van der Waals surface area (Å²) >= 11 is 0. The number of piperidine rings is 1. The lowest BCUT2D eigenvalue weighted by molar-refractivity contribution is -0.143. The zero-order valence-corrected chi connectivity index (χ0v) is 18.4. The first kappa shape index (κ1) is 21.8. The van der Waals surface area contributed by atoms with Crippen molar-refractivity contribution in [1.82, 2.24) is 29.7 Å². The summed E-state index contributed by atoms with van der Waals surface area (Å²) in [5.74, 6) is 0.320. The summed E-state index contributed by atoms with van der Waals surface area (Å²) in [7, 11) is 0. The van der Waals surface area contributed by atoms with Crippen LogP contribution in [-0.4, -0.2) is 73.5 Å². The molecule has 4 aromatic rings. The lowest BCUT2D eigenvalue weighted by Crippen LogP contribution is -2.49. The van der Waals surface area contributed by atoms with Crippen molar-refractivity contribution >= 4 is 28.9 Å². The molecular formula is C23H24N6O5. The number of hydrogen-bond donors (Lipinski definition) is 2. The van der Waals surface area contributed by atoms with Crippen molar-refractivity contribution < 1.29 is 24.2 Å². The smallest absolute Gasteiger partial charge is 0.290 e. The molecule has 11 heteroatoms. The van der Waals surface area contributed by atoms with Crippen molar-refractivity contribution in [3.05, 3.63) is 54.0 Å². The predicted molar refractivity (Wildman–Crippen MR) is 120 cm³/mol. The number of nitrogens with zero attached hydrogens (tertiary/aromatic N) is 5. The van der Waals surface area contributed by atoms with Gasteiger partial charge in [0.2, 0.25) is 5.88 Å². The van der Waals surface area contributed by atoms with Gasteiger partial charge in [0, 0.05) is 30.1 Å². The first-order chi connectivity index (χ1) is 16.6. The van der Waals surface area contributed by atoms with Crippen LogP contribution in [0.2, 0.25) is 0 Å². The van der Waals surface area contributed by atoms with Gasteiger partial charge in [0.25, 0.3) is 12.4 Å². The Kier molecular flexibility index (Phi) is 5.84. The molecule has 11 nitrogen and oxygen atoms in total. The average molecular weight is 464 g/mol. The Morgan fingerprint density at radius 1 is 1.24 bits per heavy atom. The van der Waals surface area contributed by atoms with E-state index in [1.54, 1.807) is 12.1 Å². The van der Waals surface area contributed by atoms with Crippen molar-refractivity contribution in [3.63, 3.8) is 0 Å². The number of nitrogens with one attached hydrogen (secondary N) is 1. The molecule has 1 aromatic carbocycles. The van der Waals surface area contributed by atoms with Gasteiger partial charge in [0.1, 0.15) is 11.9 Å². The number of rotatable bonds is 3. The number of carbonyl (C=O) groups excluding carboxylic acids is 1. The number of aromatic nitrogens is 5. The number of para-hydroxylation sites is 1. The lowest BCUT2D eigenvalue weighted by atomic mass is 9.83. The Morgan fingerprint density at radius 2 is 2.03 bits per heavy atom. The maximum Gasteiger partial charge on any atom is 0.290 e. The molecule has 1 spiro atoms. The van der Waals surface area contributed by atoms with Crippen LogP contribution in [0.3, 0.4) is 0 Å². The van der Waals surface area contributed by atoms with E-state index >= 15 is 0 Å². The van der Waals surface area contributed by atoms with Gasteiger partial charge >= 0.3 is 0 Å². The van der Waals surface area contributed by atoms with Gasteiger partial charge in [-0.2, -0.15) is 4.52 Å². The molecule has 0 unspecified atom stereocenters. The number of carbonyl (C=O) groups is 2. The van der Waals surface area contributed by atoms with Gasteiger partial charge in [-0.25, -0.2) is 0 Å². The number of H-pyrrole nitrogens is 1. The Hall–Kier alpha value is -3.99. The maximum absolute atomic E-state index is 12.7. The first-order valence-corrected chi connectivity index (χ1v) is 11.0. The summed E-state index contributed by atoms with van der Waals surface area (Å²) in [5, 5.41) is 20.1. The van der Waals surface area contributed by atoms with Gasteiger partial charge in [0.05, 0.1) is 12.3 Å². The number of hydrogen-bond acceptors (Lipinski definition) is 7. The van der Waals surface area contributed by atoms with E-state index in [2.05, 4.69) is 44.5 Å². The van der Waals surface area contributed by atoms with E-state index in [4.69, 9.17) is 19.4 Å². The van der Waals surface area contributed by atoms with Crippen molar-refractivity contribution in [2.24, 2.45) is 0 Å². The minimum atomic E-state index is -0.342. The van der Waals surface area contributed by atoms with Crippen LogP contribution < -0.4 is 4.74 Å². The maximum atomic E-state index is 12.7. The second-order valence-corrected chi connectivity index (χ2v) is 8.20. The third kappa shape index (κ3) is 3.94. The molecule has 0 bridgehead atoms. The average Bonchev–Trinajstić information content (AvgIpc) is 3.49. The highest BCUT2D eigenvalue weighted by Gasteiger charge is 2.43. The first-order valence-electron chi connectivity index (χ1n) is 11.0. The molecule has 2 N–H and O–H groups in total. The van der Waals surface area contributed by atoms with Crippen LogP contribution >= 0.6 is 0 Å². The molecule has 1 amide bonds. The molecule has 0 aliphatic carbocycles. The second-order valence-electron chi connectivity index (χ2n) is 8.20. The van der Waals surface area contributed by atoms with Crippen molar-refractivity contribution in [1.29, 1.82) is 0 Å². The van der Waals surface area contributed by atoms with E-state index in [1.165, 1.54) is 27.5 Å². The van der Waals surface area contributed by atoms with Gasteiger partial charge in [-0.1, -0.05) is 18.2 Å². The normalized spacial score (nSPS) is 16.6. The predicted octanol–water partition coefficient (Wildman–Crippen LogP) is 1.78. The van der Waals surface area contributed by atoms with E-state index in [0.717, 1.165) is 24.8 Å². The van der Waals surface area contributed by atoms with E-state index in [9.17, 15) is 4.79 Å². The summed E-state index contributed by atoms with van der Waals surface area (Å²) in [5.41, 5.74) is 3.99. The van der Waals surface area contributed by atoms with E-state index in [0.29, 0.717) is 31.2 Å².